The molecule has 0 aliphatic heterocycles. The van der Waals surface area contributed by atoms with Gasteiger partial charge < -0.3 is 9.30 Å². The molecule has 0 aliphatic carbocycles. The third-order valence-corrected chi connectivity index (χ3v) is 2.07. The molecule has 1 rings (SSSR count). The van der Waals surface area contributed by atoms with Crippen LogP contribution in [0.3, 0.4) is 0 Å². The van der Waals surface area contributed by atoms with E-state index in [0.717, 1.165) is 0 Å². The molecule has 4 nitrogen and oxygen atoms in total. The highest BCUT2D eigenvalue weighted by atomic mass is 16.5. The van der Waals surface area contributed by atoms with Crippen LogP contribution in [-0.2, 0) is 16.1 Å². The Labute approximate surface area is 88.5 Å². The number of carbonyl (C=O) groups is 1. The van der Waals surface area contributed by atoms with Crippen molar-refractivity contribution in [2.45, 2.75) is 26.8 Å². The van der Waals surface area contributed by atoms with E-state index in [9.17, 15) is 9.59 Å². The Morgan fingerprint density at radius 1 is 1.53 bits per heavy atom. The van der Waals surface area contributed by atoms with E-state index < -0.39 is 0 Å². The van der Waals surface area contributed by atoms with E-state index in [0.29, 0.717) is 18.7 Å². The van der Waals surface area contributed by atoms with E-state index in [-0.39, 0.29) is 17.9 Å². The predicted molar refractivity (Wildman–Crippen MR) is 56.7 cm³/mol. The lowest BCUT2D eigenvalue weighted by molar-refractivity contribution is -0.143. The van der Waals surface area contributed by atoms with Crippen molar-refractivity contribution in [3.63, 3.8) is 0 Å². The summed E-state index contributed by atoms with van der Waals surface area (Å²) >= 11 is 0. The Balaban J connectivity index is 2.62. The molecular formula is C11H15NO3. The summed E-state index contributed by atoms with van der Waals surface area (Å²) in [7, 11) is 0. The minimum Gasteiger partial charge on any atom is -0.466 e. The summed E-state index contributed by atoms with van der Waals surface area (Å²) < 4.78 is 6.30. The Kier molecular flexibility index (Phi) is 4.09. The summed E-state index contributed by atoms with van der Waals surface area (Å²) in [5.41, 5.74) is 0.628. The molecule has 0 spiro atoms. The zero-order valence-electron chi connectivity index (χ0n) is 9.03. The molecule has 0 unspecified atom stereocenters. The fraction of sp³-hybridized carbons (Fsp3) is 0.455. The molecule has 0 fully saturated rings. The fourth-order valence-corrected chi connectivity index (χ4v) is 1.28. The number of hydrogen-bond donors (Lipinski definition) is 0. The molecule has 15 heavy (non-hydrogen) atoms. The molecule has 0 saturated carbocycles. The van der Waals surface area contributed by atoms with Crippen LogP contribution in [0.5, 0.6) is 0 Å². The first kappa shape index (κ1) is 11.5. The standard InChI is InChI=1S/C11H15NO3/c1-3-15-10(13)6-8-12-7-4-5-9(2)11(12)14/h4-5,7H,3,6,8H2,1-2H3. The molecule has 0 bridgehead atoms. The maximum absolute atomic E-state index is 11.5. The molecule has 4 heteroatoms. The van der Waals surface area contributed by atoms with Gasteiger partial charge in [0.1, 0.15) is 0 Å². The Hall–Kier alpha value is -1.58. The average molecular weight is 209 g/mol. The lowest BCUT2D eigenvalue weighted by atomic mass is 10.3. The monoisotopic (exact) mass is 209 g/mol. The van der Waals surface area contributed by atoms with Crippen LogP contribution >= 0.6 is 0 Å². The van der Waals surface area contributed by atoms with Gasteiger partial charge in [-0.3, -0.25) is 9.59 Å². The van der Waals surface area contributed by atoms with Crippen molar-refractivity contribution in [3.05, 3.63) is 34.2 Å². The van der Waals surface area contributed by atoms with Crippen LogP contribution in [0.25, 0.3) is 0 Å². The predicted octanol–water partition coefficient (Wildman–Crippen LogP) is 1.11. The molecule has 0 aromatic carbocycles. The quantitative estimate of drug-likeness (QED) is 0.698. The van der Waals surface area contributed by atoms with Crippen molar-refractivity contribution >= 4 is 5.97 Å². The third kappa shape index (κ3) is 3.23. The minimum atomic E-state index is -0.272. The SMILES string of the molecule is CCOC(=O)CCn1cccc(C)c1=O. The topological polar surface area (TPSA) is 48.3 Å². The molecule has 0 N–H and O–H groups in total. The van der Waals surface area contributed by atoms with Crippen molar-refractivity contribution in [1.82, 2.24) is 4.57 Å². The van der Waals surface area contributed by atoms with E-state index in [2.05, 4.69) is 0 Å². The number of ether oxygens (including phenoxy) is 1. The van der Waals surface area contributed by atoms with Crippen LogP contribution in [0.15, 0.2) is 23.1 Å². The van der Waals surface area contributed by atoms with Crippen LogP contribution < -0.4 is 5.56 Å². The normalized spacial score (nSPS) is 10.0. The molecule has 1 aromatic heterocycles. The fourth-order valence-electron chi connectivity index (χ4n) is 1.28. The number of aryl methyl sites for hydroxylation is 2. The maximum Gasteiger partial charge on any atom is 0.307 e. The van der Waals surface area contributed by atoms with E-state index in [4.69, 9.17) is 4.74 Å². The minimum absolute atomic E-state index is 0.0539. The Bertz CT molecular complexity index is 395. The van der Waals surface area contributed by atoms with E-state index >= 15 is 0 Å². The van der Waals surface area contributed by atoms with Crippen molar-refractivity contribution in [2.75, 3.05) is 6.61 Å². The molecule has 0 atom stereocenters. The summed E-state index contributed by atoms with van der Waals surface area (Å²) in [6, 6.07) is 3.55. The number of carbonyl (C=O) groups excluding carboxylic acids is 1. The van der Waals surface area contributed by atoms with Gasteiger partial charge in [0.15, 0.2) is 0 Å². The summed E-state index contributed by atoms with van der Waals surface area (Å²) in [6.07, 6.45) is 1.91. The zero-order chi connectivity index (χ0) is 11.3. The van der Waals surface area contributed by atoms with Crippen LogP contribution in [0.1, 0.15) is 18.9 Å². The van der Waals surface area contributed by atoms with Crippen molar-refractivity contribution in [1.29, 1.82) is 0 Å². The van der Waals surface area contributed by atoms with Gasteiger partial charge >= 0.3 is 5.97 Å². The van der Waals surface area contributed by atoms with Crippen molar-refractivity contribution in [2.24, 2.45) is 0 Å². The van der Waals surface area contributed by atoms with Gasteiger partial charge in [0, 0.05) is 18.3 Å². The lowest BCUT2D eigenvalue weighted by Gasteiger charge is -2.05. The van der Waals surface area contributed by atoms with Crippen LogP contribution in [0.4, 0.5) is 0 Å². The van der Waals surface area contributed by atoms with Gasteiger partial charge in [0.25, 0.3) is 5.56 Å². The van der Waals surface area contributed by atoms with Crippen LogP contribution in [0.2, 0.25) is 0 Å². The molecular weight excluding hydrogens is 194 g/mol. The molecule has 1 heterocycles. The summed E-state index contributed by atoms with van der Waals surface area (Å²) in [6.45, 7) is 4.26. The van der Waals surface area contributed by atoms with Gasteiger partial charge in [-0.2, -0.15) is 0 Å². The first-order valence-corrected chi connectivity index (χ1v) is 4.97. The molecule has 0 aliphatic rings. The number of hydrogen-bond acceptors (Lipinski definition) is 3. The van der Waals surface area contributed by atoms with Gasteiger partial charge in [0.05, 0.1) is 13.0 Å². The molecule has 0 radical (unpaired) electrons. The van der Waals surface area contributed by atoms with E-state index in [1.165, 1.54) is 4.57 Å². The van der Waals surface area contributed by atoms with Crippen LogP contribution in [-0.4, -0.2) is 17.1 Å². The average Bonchev–Trinajstić information content (AvgIpc) is 2.21. The highest BCUT2D eigenvalue weighted by molar-refractivity contribution is 5.69. The smallest absolute Gasteiger partial charge is 0.307 e. The zero-order valence-corrected chi connectivity index (χ0v) is 9.03. The second-order valence-electron chi connectivity index (χ2n) is 3.24. The van der Waals surface area contributed by atoms with Gasteiger partial charge in [-0.1, -0.05) is 6.07 Å². The second kappa shape index (κ2) is 5.34. The van der Waals surface area contributed by atoms with Gasteiger partial charge in [0.2, 0.25) is 0 Å². The first-order chi connectivity index (χ1) is 7.15. The molecule has 1 aromatic rings. The lowest BCUT2D eigenvalue weighted by Crippen LogP contribution is -2.22. The Morgan fingerprint density at radius 3 is 2.93 bits per heavy atom. The summed E-state index contributed by atoms with van der Waals surface area (Å²) in [4.78, 5) is 22.6. The van der Waals surface area contributed by atoms with E-state index in [1.807, 2.05) is 0 Å². The maximum atomic E-state index is 11.5. The highest BCUT2D eigenvalue weighted by Crippen LogP contribution is 1.93. The van der Waals surface area contributed by atoms with Crippen LogP contribution in [0, 0.1) is 6.92 Å². The van der Waals surface area contributed by atoms with Gasteiger partial charge in [-0.05, 0) is 19.9 Å². The largest absolute Gasteiger partial charge is 0.466 e. The third-order valence-electron chi connectivity index (χ3n) is 2.07. The number of esters is 1. The second-order valence-corrected chi connectivity index (χ2v) is 3.24. The number of nitrogens with zero attached hydrogens (tertiary/aromatic N) is 1. The van der Waals surface area contributed by atoms with Gasteiger partial charge in [-0.25, -0.2) is 0 Å². The van der Waals surface area contributed by atoms with Crippen molar-refractivity contribution < 1.29 is 9.53 Å². The van der Waals surface area contributed by atoms with Crippen molar-refractivity contribution in [3.8, 4) is 0 Å². The highest BCUT2D eigenvalue weighted by Gasteiger charge is 2.03. The summed E-state index contributed by atoms with van der Waals surface area (Å²) in [5.74, 6) is -0.272. The molecule has 0 amide bonds. The first-order valence-electron chi connectivity index (χ1n) is 4.97. The van der Waals surface area contributed by atoms with Gasteiger partial charge in [-0.15, -0.1) is 0 Å². The number of rotatable bonds is 4. The van der Waals surface area contributed by atoms with E-state index in [1.54, 1.807) is 32.2 Å². The number of aromatic nitrogens is 1. The summed E-state index contributed by atoms with van der Waals surface area (Å²) in [5, 5.41) is 0. The molecule has 82 valence electrons. The molecule has 0 saturated heterocycles. The Morgan fingerprint density at radius 2 is 2.27 bits per heavy atom. The number of pyridine rings is 1.